The number of aryl methyl sites for hydroxylation is 1. The summed E-state index contributed by atoms with van der Waals surface area (Å²) in [6.45, 7) is 11.5. The van der Waals surface area contributed by atoms with Gasteiger partial charge in [-0.3, -0.25) is 8.98 Å². The normalized spacial score (nSPS) is 37.4. The third kappa shape index (κ3) is 4.67. The monoisotopic (exact) mass is 534 g/mol. The smallest absolute Gasteiger partial charge is 0.333 e. The number of carbonyl (C=O) groups excluding carboxylic acids is 2. The number of hydrogen-bond acceptors (Lipinski definition) is 7. The van der Waals surface area contributed by atoms with Crippen molar-refractivity contribution in [3.63, 3.8) is 0 Å². The van der Waals surface area contributed by atoms with Crippen molar-refractivity contribution >= 4 is 21.9 Å². The Kier molecular flexibility index (Phi) is 7.45. The lowest BCUT2D eigenvalue weighted by Crippen LogP contribution is -2.62. The molecule has 8 heteroatoms. The minimum absolute atomic E-state index is 0.0101. The molecule has 3 saturated carbocycles. The van der Waals surface area contributed by atoms with Crippen molar-refractivity contribution in [3.05, 3.63) is 29.8 Å². The van der Waals surface area contributed by atoms with Gasteiger partial charge in [0.2, 0.25) is 0 Å². The molecule has 0 radical (unpaired) electrons. The zero-order chi connectivity index (χ0) is 27.4. The van der Waals surface area contributed by atoms with Crippen LogP contribution in [-0.4, -0.2) is 46.1 Å². The van der Waals surface area contributed by atoms with E-state index in [1.165, 1.54) is 12.1 Å². The Morgan fingerprint density at radius 2 is 1.68 bits per heavy atom. The zero-order valence-electron chi connectivity index (χ0n) is 23.2. The van der Waals surface area contributed by atoms with Crippen LogP contribution < -0.4 is 0 Å². The second-order valence-corrected chi connectivity index (χ2v) is 14.1. The number of ether oxygens (including phenoxy) is 2. The van der Waals surface area contributed by atoms with Crippen LogP contribution in [0.15, 0.2) is 29.2 Å². The van der Waals surface area contributed by atoms with E-state index in [9.17, 15) is 18.0 Å². The quantitative estimate of drug-likeness (QED) is 0.370. The molecule has 4 rings (SSSR count). The molecule has 1 aromatic rings. The molecule has 0 amide bonds. The van der Waals surface area contributed by atoms with Gasteiger partial charge in [-0.1, -0.05) is 52.3 Å². The topological polar surface area (TPSA) is 96.0 Å². The van der Waals surface area contributed by atoms with Crippen LogP contribution in [0, 0.1) is 40.9 Å². The Balaban J connectivity index is 1.64. The summed E-state index contributed by atoms with van der Waals surface area (Å²) >= 11 is 0. The van der Waals surface area contributed by atoms with Crippen molar-refractivity contribution in [1.82, 2.24) is 0 Å². The van der Waals surface area contributed by atoms with Crippen LogP contribution in [0.4, 0.5) is 0 Å². The summed E-state index contributed by atoms with van der Waals surface area (Å²) in [5.41, 5.74) is -0.415. The number of Topliss-reactive ketones (excluding diaryl/α,β-unsaturated/α-hetero) is 1. The van der Waals surface area contributed by atoms with Crippen LogP contribution in [0.25, 0.3) is 0 Å². The Hall–Kier alpha value is -1.77. The lowest BCUT2D eigenvalue weighted by Gasteiger charge is -2.61. The minimum atomic E-state index is -4.11. The number of benzene rings is 1. The maximum atomic E-state index is 13.8. The van der Waals surface area contributed by atoms with Crippen molar-refractivity contribution in [3.8, 4) is 0 Å². The number of carbonyl (C=O) groups is 2. The largest absolute Gasteiger partial charge is 0.460 e. The van der Waals surface area contributed by atoms with Gasteiger partial charge in [-0.25, -0.2) is 4.79 Å². The Labute approximate surface area is 221 Å². The molecular weight excluding hydrogens is 492 g/mol. The summed E-state index contributed by atoms with van der Waals surface area (Å²) in [5.74, 6) is -0.371. The minimum Gasteiger partial charge on any atom is -0.460 e. The number of rotatable bonds is 6. The van der Waals surface area contributed by atoms with Crippen LogP contribution in [0.3, 0.4) is 0 Å². The molecule has 2 bridgehead atoms. The van der Waals surface area contributed by atoms with Crippen LogP contribution in [0.1, 0.15) is 72.3 Å². The summed E-state index contributed by atoms with van der Waals surface area (Å²) in [5, 5.41) is 0. The van der Waals surface area contributed by atoms with E-state index in [-0.39, 0.29) is 40.0 Å². The van der Waals surface area contributed by atoms with Crippen LogP contribution in [0.5, 0.6) is 0 Å². The van der Waals surface area contributed by atoms with E-state index in [4.69, 9.17) is 13.7 Å². The molecule has 0 heterocycles. The van der Waals surface area contributed by atoms with Crippen LogP contribution in [0.2, 0.25) is 0 Å². The first-order valence-electron chi connectivity index (χ1n) is 13.4. The zero-order valence-corrected chi connectivity index (χ0v) is 24.0. The van der Waals surface area contributed by atoms with E-state index in [0.717, 1.165) is 31.2 Å². The highest BCUT2D eigenvalue weighted by molar-refractivity contribution is 7.86. The lowest BCUT2D eigenvalue weighted by atomic mass is 9.44. The summed E-state index contributed by atoms with van der Waals surface area (Å²) < 4.78 is 42.5. The third-order valence-corrected chi connectivity index (χ3v) is 11.5. The van der Waals surface area contributed by atoms with E-state index in [1.54, 1.807) is 19.2 Å². The number of esters is 1. The molecule has 3 aliphatic carbocycles. The highest BCUT2D eigenvalue weighted by Gasteiger charge is 2.68. The van der Waals surface area contributed by atoms with Gasteiger partial charge in [0.25, 0.3) is 10.1 Å². The fourth-order valence-corrected chi connectivity index (χ4v) is 8.73. The van der Waals surface area contributed by atoms with E-state index in [2.05, 4.69) is 20.8 Å². The summed E-state index contributed by atoms with van der Waals surface area (Å²) in [7, 11) is -2.38. The number of ketones is 1. The molecule has 0 aromatic heterocycles. The maximum Gasteiger partial charge on any atom is 0.333 e. The van der Waals surface area contributed by atoms with Crippen LogP contribution in [-0.2, 0) is 33.4 Å². The van der Waals surface area contributed by atoms with E-state index in [1.807, 2.05) is 20.8 Å². The molecule has 1 aromatic carbocycles. The molecule has 206 valence electrons. The van der Waals surface area contributed by atoms with Crippen LogP contribution >= 0.6 is 0 Å². The van der Waals surface area contributed by atoms with Gasteiger partial charge in [-0.15, -0.1) is 0 Å². The number of hydrogen-bond donors (Lipinski definition) is 0. The molecule has 0 spiro atoms. The second kappa shape index (κ2) is 9.76. The fourth-order valence-electron chi connectivity index (χ4n) is 7.87. The molecule has 0 unspecified atom stereocenters. The SMILES string of the molecule is CO[C@@H]1CC[C@@]23CC[C@@H](C)[C@@](C)([C@H](OC(=O)COS(=O)(=O)c4ccc(C)cc4)CC(C)(C)C(=O)[C@@H]2C)[C@@H]13. The number of methoxy groups -OCH3 is 1. The maximum absolute atomic E-state index is 13.8. The first-order valence-corrected chi connectivity index (χ1v) is 14.8. The highest BCUT2D eigenvalue weighted by atomic mass is 32.2. The summed E-state index contributed by atoms with van der Waals surface area (Å²) in [4.78, 5) is 26.9. The van der Waals surface area contributed by atoms with Gasteiger partial charge in [0.05, 0.1) is 11.0 Å². The van der Waals surface area contributed by atoms with Gasteiger partial charge in [0.1, 0.15) is 11.9 Å². The Morgan fingerprint density at radius 1 is 1.05 bits per heavy atom. The van der Waals surface area contributed by atoms with Crippen molar-refractivity contribution < 1.29 is 31.7 Å². The van der Waals surface area contributed by atoms with Crippen molar-refractivity contribution in [2.45, 2.75) is 90.7 Å². The van der Waals surface area contributed by atoms with E-state index >= 15 is 0 Å². The highest BCUT2D eigenvalue weighted by Crippen LogP contribution is 2.68. The van der Waals surface area contributed by atoms with Gasteiger partial charge >= 0.3 is 5.97 Å². The predicted octanol–water partition coefficient (Wildman–Crippen LogP) is 5.09. The van der Waals surface area contributed by atoms with E-state index in [0.29, 0.717) is 6.42 Å². The van der Waals surface area contributed by atoms with Gasteiger partial charge in [0.15, 0.2) is 6.61 Å². The molecule has 7 nitrogen and oxygen atoms in total. The van der Waals surface area contributed by atoms with Crippen molar-refractivity contribution in [2.75, 3.05) is 13.7 Å². The average Bonchev–Trinajstić information content (AvgIpc) is 3.24. The van der Waals surface area contributed by atoms with Gasteiger partial charge < -0.3 is 9.47 Å². The van der Waals surface area contributed by atoms with Crippen molar-refractivity contribution in [1.29, 1.82) is 0 Å². The third-order valence-electron chi connectivity index (χ3n) is 10.2. The molecule has 0 aliphatic heterocycles. The van der Waals surface area contributed by atoms with Gasteiger partial charge in [-0.2, -0.15) is 8.42 Å². The molecule has 3 fully saturated rings. The molecule has 3 aliphatic rings. The molecule has 37 heavy (non-hydrogen) atoms. The van der Waals surface area contributed by atoms with Gasteiger partial charge in [-0.05, 0) is 62.5 Å². The Bertz CT molecular complexity index is 1140. The standard InChI is InChI=1S/C29H42O7S/c1-18-8-10-21(11-9-18)37(32,33)35-17-24(30)36-23-16-27(4,5)26(31)20(3)29-14-12-19(2)28(23,6)25(29)22(34-7)13-15-29/h8-11,19-20,22-23,25H,12-17H2,1-7H3/t19-,20+,22-,23-,25-,28+,29+/m1/s1. The molecule has 0 N–H and O–H groups in total. The average molecular weight is 535 g/mol. The Morgan fingerprint density at radius 3 is 2.30 bits per heavy atom. The first kappa shape index (κ1) is 28.2. The predicted molar refractivity (Wildman–Crippen MR) is 139 cm³/mol. The fraction of sp³-hybridized carbons (Fsp3) is 0.724. The first-order chi connectivity index (χ1) is 17.2. The molecular formula is C29H42O7S. The summed E-state index contributed by atoms with van der Waals surface area (Å²) in [6, 6.07) is 6.26. The summed E-state index contributed by atoms with van der Waals surface area (Å²) in [6.07, 6.45) is 3.46. The van der Waals surface area contributed by atoms with E-state index < -0.39 is 39.6 Å². The van der Waals surface area contributed by atoms with Gasteiger partial charge in [0, 0.05) is 29.8 Å². The molecule has 0 saturated heterocycles. The van der Waals surface area contributed by atoms with Crippen molar-refractivity contribution in [2.24, 2.45) is 34.0 Å². The lowest BCUT2D eigenvalue weighted by molar-refractivity contribution is -0.206. The molecule has 7 atom stereocenters. The second-order valence-electron chi connectivity index (χ2n) is 12.5.